The van der Waals surface area contributed by atoms with Crippen LogP contribution in [0.5, 0.6) is 11.5 Å². The monoisotopic (exact) mass is 289 g/mol. The Morgan fingerprint density at radius 2 is 1.90 bits per heavy atom. The SMILES string of the molecule is COc1ccc(C(=O)NC(C)c2ccc(F)cc2)cc1O. The standard InChI is InChI=1S/C16H16FNO3/c1-10(11-3-6-13(17)7-4-11)18-16(20)12-5-8-15(21-2)14(19)9-12/h3-10,19H,1-2H3,(H,18,20). The van der Waals surface area contributed by atoms with Crippen LogP contribution < -0.4 is 10.1 Å². The molecule has 5 heteroatoms. The molecule has 2 rings (SSSR count). The lowest BCUT2D eigenvalue weighted by Gasteiger charge is -2.15. The Bertz CT molecular complexity index is 640. The summed E-state index contributed by atoms with van der Waals surface area (Å²) in [4.78, 5) is 12.1. The van der Waals surface area contributed by atoms with Crippen molar-refractivity contribution in [3.05, 3.63) is 59.4 Å². The van der Waals surface area contributed by atoms with E-state index in [1.165, 1.54) is 31.4 Å². The van der Waals surface area contributed by atoms with Crippen LogP contribution >= 0.6 is 0 Å². The number of amides is 1. The molecule has 0 heterocycles. The predicted octanol–water partition coefficient (Wildman–Crippen LogP) is 3.03. The van der Waals surface area contributed by atoms with E-state index in [2.05, 4.69) is 5.32 Å². The van der Waals surface area contributed by atoms with Crippen molar-refractivity contribution >= 4 is 5.91 Å². The van der Waals surface area contributed by atoms with Crippen molar-refractivity contribution in [2.24, 2.45) is 0 Å². The molecule has 1 unspecified atom stereocenters. The van der Waals surface area contributed by atoms with E-state index in [4.69, 9.17) is 4.74 Å². The minimum Gasteiger partial charge on any atom is -0.504 e. The van der Waals surface area contributed by atoms with Gasteiger partial charge in [-0.05, 0) is 42.8 Å². The number of hydrogen-bond donors (Lipinski definition) is 2. The molecular weight excluding hydrogens is 273 g/mol. The van der Waals surface area contributed by atoms with Crippen molar-refractivity contribution in [1.29, 1.82) is 0 Å². The first kappa shape index (κ1) is 14.8. The first-order valence-electron chi connectivity index (χ1n) is 6.44. The average Bonchev–Trinajstić information content (AvgIpc) is 2.47. The highest BCUT2D eigenvalue weighted by Gasteiger charge is 2.13. The fourth-order valence-corrected chi connectivity index (χ4v) is 1.95. The Balaban J connectivity index is 2.10. The lowest BCUT2D eigenvalue weighted by Crippen LogP contribution is -2.26. The molecule has 0 radical (unpaired) electrons. The molecule has 0 bridgehead atoms. The fraction of sp³-hybridized carbons (Fsp3) is 0.188. The summed E-state index contributed by atoms with van der Waals surface area (Å²) in [6, 6.07) is 10.1. The molecule has 2 aromatic carbocycles. The van der Waals surface area contributed by atoms with Crippen LogP contribution in [-0.2, 0) is 0 Å². The van der Waals surface area contributed by atoms with Crippen molar-refractivity contribution in [1.82, 2.24) is 5.32 Å². The van der Waals surface area contributed by atoms with E-state index < -0.39 is 0 Å². The highest BCUT2D eigenvalue weighted by atomic mass is 19.1. The Labute approximate surface area is 122 Å². The molecule has 0 spiro atoms. The van der Waals surface area contributed by atoms with Gasteiger partial charge in [-0.3, -0.25) is 4.79 Å². The second-order valence-corrected chi connectivity index (χ2v) is 4.63. The van der Waals surface area contributed by atoms with Gasteiger partial charge in [0, 0.05) is 5.56 Å². The summed E-state index contributed by atoms with van der Waals surface area (Å²) in [5, 5.41) is 12.5. The number of halogens is 1. The van der Waals surface area contributed by atoms with Gasteiger partial charge < -0.3 is 15.2 Å². The largest absolute Gasteiger partial charge is 0.504 e. The molecule has 4 nitrogen and oxygen atoms in total. The van der Waals surface area contributed by atoms with Gasteiger partial charge in [0.15, 0.2) is 11.5 Å². The van der Waals surface area contributed by atoms with Gasteiger partial charge in [0.05, 0.1) is 13.2 Å². The van der Waals surface area contributed by atoms with Gasteiger partial charge in [-0.2, -0.15) is 0 Å². The molecule has 110 valence electrons. The van der Waals surface area contributed by atoms with E-state index in [0.29, 0.717) is 11.3 Å². The molecule has 0 aliphatic rings. The lowest BCUT2D eigenvalue weighted by atomic mass is 10.1. The number of carbonyl (C=O) groups is 1. The Morgan fingerprint density at radius 1 is 1.24 bits per heavy atom. The molecule has 0 aliphatic heterocycles. The third kappa shape index (κ3) is 3.51. The maximum atomic E-state index is 12.9. The third-order valence-electron chi connectivity index (χ3n) is 3.16. The molecule has 21 heavy (non-hydrogen) atoms. The van der Waals surface area contributed by atoms with E-state index in [1.807, 2.05) is 0 Å². The predicted molar refractivity (Wildman–Crippen MR) is 76.9 cm³/mol. The normalized spacial score (nSPS) is 11.8. The van der Waals surface area contributed by atoms with Crippen LogP contribution in [-0.4, -0.2) is 18.1 Å². The molecule has 2 N–H and O–H groups in total. The quantitative estimate of drug-likeness (QED) is 0.909. The fourth-order valence-electron chi connectivity index (χ4n) is 1.95. The number of rotatable bonds is 4. The minimum absolute atomic E-state index is 0.0976. The Morgan fingerprint density at radius 3 is 2.48 bits per heavy atom. The topological polar surface area (TPSA) is 58.6 Å². The van der Waals surface area contributed by atoms with Crippen LogP contribution in [0.15, 0.2) is 42.5 Å². The van der Waals surface area contributed by atoms with Crippen molar-refractivity contribution in [2.75, 3.05) is 7.11 Å². The molecule has 0 aliphatic carbocycles. The van der Waals surface area contributed by atoms with Gasteiger partial charge in [0.25, 0.3) is 5.91 Å². The van der Waals surface area contributed by atoms with Crippen LogP contribution in [0.3, 0.4) is 0 Å². The molecule has 0 aromatic heterocycles. The number of benzene rings is 2. The van der Waals surface area contributed by atoms with E-state index in [1.54, 1.807) is 25.1 Å². The van der Waals surface area contributed by atoms with E-state index in [0.717, 1.165) is 5.56 Å². The maximum Gasteiger partial charge on any atom is 0.251 e. The van der Waals surface area contributed by atoms with Crippen LogP contribution in [0.4, 0.5) is 4.39 Å². The minimum atomic E-state index is -0.329. The number of hydrogen-bond acceptors (Lipinski definition) is 3. The van der Waals surface area contributed by atoms with Gasteiger partial charge in [0.2, 0.25) is 0 Å². The second kappa shape index (κ2) is 6.26. The highest BCUT2D eigenvalue weighted by Crippen LogP contribution is 2.26. The molecule has 0 saturated heterocycles. The summed E-state index contributed by atoms with van der Waals surface area (Å²) in [5.74, 6) is -0.445. The molecule has 2 aromatic rings. The van der Waals surface area contributed by atoms with Gasteiger partial charge in [-0.15, -0.1) is 0 Å². The molecule has 0 fully saturated rings. The van der Waals surface area contributed by atoms with Crippen molar-refractivity contribution in [3.63, 3.8) is 0 Å². The summed E-state index contributed by atoms with van der Waals surface area (Å²) < 4.78 is 17.8. The van der Waals surface area contributed by atoms with E-state index in [-0.39, 0.29) is 23.5 Å². The number of ether oxygens (including phenoxy) is 1. The molecule has 1 amide bonds. The summed E-state index contributed by atoms with van der Waals surface area (Å²) in [6.07, 6.45) is 0. The zero-order chi connectivity index (χ0) is 15.4. The van der Waals surface area contributed by atoms with Gasteiger partial charge in [0.1, 0.15) is 5.82 Å². The first-order chi connectivity index (χ1) is 10.0. The molecular formula is C16H16FNO3. The summed E-state index contributed by atoms with van der Waals surface area (Å²) in [5.41, 5.74) is 1.12. The number of methoxy groups -OCH3 is 1. The maximum absolute atomic E-state index is 12.9. The molecule has 0 saturated carbocycles. The van der Waals surface area contributed by atoms with Crippen LogP contribution in [0.25, 0.3) is 0 Å². The van der Waals surface area contributed by atoms with Crippen LogP contribution in [0.1, 0.15) is 28.9 Å². The smallest absolute Gasteiger partial charge is 0.251 e. The van der Waals surface area contributed by atoms with Crippen molar-refractivity contribution < 1.29 is 19.0 Å². The van der Waals surface area contributed by atoms with Gasteiger partial charge in [-0.1, -0.05) is 12.1 Å². The molecule has 1 atom stereocenters. The Hall–Kier alpha value is -2.56. The zero-order valence-electron chi connectivity index (χ0n) is 11.8. The third-order valence-corrected chi connectivity index (χ3v) is 3.16. The summed E-state index contributed by atoms with van der Waals surface area (Å²) in [7, 11) is 1.44. The van der Waals surface area contributed by atoms with Crippen LogP contribution in [0, 0.1) is 5.82 Å². The average molecular weight is 289 g/mol. The number of nitrogens with one attached hydrogen (secondary N) is 1. The van der Waals surface area contributed by atoms with E-state index >= 15 is 0 Å². The summed E-state index contributed by atoms with van der Waals surface area (Å²) in [6.45, 7) is 1.80. The first-order valence-corrected chi connectivity index (χ1v) is 6.44. The summed E-state index contributed by atoms with van der Waals surface area (Å²) >= 11 is 0. The number of phenolic OH excluding ortho intramolecular Hbond substituents is 1. The van der Waals surface area contributed by atoms with E-state index in [9.17, 15) is 14.3 Å². The lowest BCUT2D eigenvalue weighted by molar-refractivity contribution is 0.0939. The number of phenols is 1. The Kier molecular flexibility index (Phi) is 4.42. The van der Waals surface area contributed by atoms with Crippen LogP contribution in [0.2, 0.25) is 0 Å². The van der Waals surface area contributed by atoms with Gasteiger partial charge >= 0.3 is 0 Å². The second-order valence-electron chi connectivity index (χ2n) is 4.63. The van der Waals surface area contributed by atoms with Gasteiger partial charge in [-0.25, -0.2) is 4.39 Å². The van der Waals surface area contributed by atoms with Crippen molar-refractivity contribution in [3.8, 4) is 11.5 Å². The highest BCUT2D eigenvalue weighted by molar-refractivity contribution is 5.95. The zero-order valence-corrected chi connectivity index (χ0v) is 11.8. The number of carbonyl (C=O) groups excluding carboxylic acids is 1. The van der Waals surface area contributed by atoms with Crippen molar-refractivity contribution in [2.45, 2.75) is 13.0 Å². The number of aromatic hydroxyl groups is 1.